The van der Waals surface area contributed by atoms with Crippen LogP contribution < -0.4 is 0 Å². The number of carbonyl (C=O) groups excluding carboxylic acids is 1. The molecule has 28 heavy (non-hydrogen) atoms. The first kappa shape index (κ1) is 19.6. The number of ether oxygens (including phenoxy) is 3. The van der Waals surface area contributed by atoms with Crippen molar-refractivity contribution in [1.29, 1.82) is 0 Å². The third-order valence-electron chi connectivity index (χ3n) is 5.20. The molecular formula is C23H26O4S. The summed E-state index contributed by atoms with van der Waals surface area (Å²) in [6.45, 7) is 6.42. The average Bonchev–Trinajstić information content (AvgIpc) is 2.99. The molecule has 2 heterocycles. The van der Waals surface area contributed by atoms with E-state index >= 15 is 0 Å². The van der Waals surface area contributed by atoms with E-state index in [1.54, 1.807) is 11.8 Å². The molecule has 2 aliphatic rings. The summed E-state index contributed by atoms with van der Waals surface area (Å²) in [5.74, 6) is -0.548. The standard InChI is InChI=1S/C23H26O4S/c1-15-9-11-17(12-10-15)28-22-19(13-18(24)16-7-5-4-6-8-16)26-20-14-25-23(2,3)27-21(20)22/h4-12,19-22H,13-14H2,1-3H3/t19-,20+,21-,22-/m0/s1. The van der Waals surface area contributed by atoms with Crippen LogP contribution in [-0.4, -0.2) is 41.7 Å². The molecule has 0 aliphatic carbocycles. The number of fused-ring (bicyclic) bond motifs is 1. The molecule has 0 spiro atoms. The molecule has 0 bridgehead atoms. The van der Waals surface area contributed by atoms with Crippen LogP contribution in [0.1, 0.15) is 36.2 Å². The molecule has 148 valence electrons. The van der Waals surface area contributed by atoms with E-state index in [0.717, 1.165) is 10.5 Å². The Kier molecular flexibility index (Phi) is 5.61. The van der Waals surface area contributed by atoms with Crippen molar-refractivity contribution >= 4 is 17.5 Å². The second kappa shape index (κ2) is 7.99. The van der Waals surface area contributed by atoms with Gasteiger partial charge < -0.3 is 14.2 Å². The molecule has 4 atom stereocenters. The number of carbonyl (C=O) groups is 1. The lowest BCUT2D eigenvalue weighted by Gasteiger charge is -2.38. The summed E-state index contributed by atoms with van der Waals surface area (Å²) >= 11 is 1.73. The van der Waals surface area contributed by atoms with Crippen LogP contribution in [0.3, 0.4) is 0 Å². The highest BCUT2D eigenvalue weighted by molar-refractivity contribution is 8.00. The fraction of sp³-hybridized carbons (Fsp3) is 0.435. The summed E-state index contributed by atoms with van der Waals surface area (Å²) in [6, 6.07) is 17.9. The molecule has 0 radical (unpaired) electrons. The number of thioether (sulfide) groups is 1. The minimum absolute atomic E-state index is 0.0311. The normalized spacial score (nSPS) is 28.7. The number of rotatable bonds is 5. The van der Waals surface area contributed by atoms with Crippen LogP contribution in [0.2, 0.25) is 0 Å². The third-order valence-corrected chi connectivity index (χ3v) is 6.59. The van der Waals surface area contributed by atoms with Crippen LogP contribution in [0.5, 0.6) is 0 Å². The molecule has 2 aromatic carbocycles. The van der Waals surface area contributed by atoms with Gasteiger partial charge >= 0.3 is 0 Å². The predicted octanol–water partition coefficient (Wildman–Crippen LogP) is 4.65. The number of ketones is 1. The van der Waals surface area contributed by atoms with Gasteiger partial charge in [-0.15, -0.1) is 11.8 Å². The highest BCUT2D eigenvalue weighted by atomic mass is 32.2. The van der Waals surface area contributed by atoms with Crippen LogP contribution in [0, 0.1) is 6.92 Å². The van der Waals surface area contributed by atoms with Gasteiger partial charge in [-0.3, -0.25) is 4.79 Å². The summed E-state index contributed by atoms with van der Waals surface area (Å²) in [5.41, 5.74) is 1.95. The van der Waals surface area contributed by atoms with Gasteiger partial charge in [-0.1, -0.05) is 48.0 Å². The van der Waals surface area contributed by atoms with E-state index in [1.165, 1.54) is 5.56 Å². The van der Waals surface area contributed by atoms with Crippen molar-refractivity contribution in [3.63, 3.8) is 0 Å². The lowest BCUT2D eigenvalue weighted by molar-refractivity contribution is -0.292. The lowest BCUT2D eigenvalue weighted by Crippen LogP contribution is -2.49. The SMILES string of the molecule is Cc1ccc(S[C@@H]2[C@H]3OC(C)(C)OC[C@H]3O[C@H]2CC(=O)c2ccccc2)cc1. The van der Waals surface area contributed by atoms with Crippen LogP contribution in [0.25, 0.3) is 0 Å². The number of benzene rings is 2. The van der Waals surface area contributed by atoms with Crippen molar-refractivity contribution in [3.8, 4) is 0 Å². The van der Waals surface area contributed by atoms with Crippen LogP contribution in [-0.2, 0) is 14.2 Å². The number of Topliss-reactive ketones (excluding diaryl/α,β-unsaturated/α-hetero) is 1. The van der Waals surface area contributed by atoms with E-state index < -0.39 is 5.79 Å². The zero-order chi connectivity index (χ0) is 19.7. The maximum absolute atomic E-state index is 12.8. The van der Waals surface area contributed by atoms with Gasteiger partial charge in [-0.25, -0.2) is 0 Å². The zero-order valence-electron chi connectivity index (χ0n) is 16.5. The molecule has 0 unspecified atom stereocenters. The Labute approximate surface area is 170 Å². The monoisotopic (exact) mass is 398 g/mol. The molecule has 0 aromatic heterocycles. The Morgan fingerprint density at radius 2 is 1.82 bits per heavy atom. The van der Waals surface area contributed by atoms with E-state index in [2.05, 4.69) is 31.2 Å². The van der Waals surface area contributed by atoms with Crippen LogP contribution >= 0.6 is 11.8 Å². The third kappa shape index (κ3) is 4.33. The van der Waals surface area contributed by atoms with Crippen molar-refractivity contribution in [2.45, 2.75) is 61.4 Å². The number of hydrogen-bond donors (Lipinski definition) is 0. The molecule has 0 saturated carbocycles. The van der Waals surface area contributed by atoms with Crippen molar-refractivity contribution in [2.24, 2.45) is 0 Å². The van der Waals surface area contributed by atoms with Gasteiger partial charge in [0.05, 0.1) is 18.0 Å². The van der Waals surface area contributed by atoms with Gasteiger partial charge in [0.15, 0.2) is 11.6 Å². The van der Waals surface area contributed by atoms with E-state index in [0.29, 0.717) is 13.0 Å². The molecule has 2 fully saturated rings. The lowest BCUT2D eigenvalue weighted by atomic mass is 10.0. The van der Waals surface area contributed by atoms with E-state index in [-0.39, 0.29) is 29.3 Å². The second-order valence-electron chi connectivity index (χ2n) is 7.90. The highest BCUT2D eigenvalue weighted by Crippen LogP contribution is 2.42. The Balaban J connectivity index is 1.56. The first-order valence-corrected chi connectivity index (χ1v) is 10.6. The van der Waals surface area contributed by atoms with E-state index in [1.807, 2.05) is 44.2 Å². The van der Waals surface area contributed by atoms with Crippen LogP contribution in [0.4, 0.5) is 0 Å². The smallest absolute Gasteiger partial charge is 0.165 e. The van der Waals surface area contributed by atoms with Crippen molar-refractivity contribution in [3.05, 3.63) is 65.7 Å². The Morgan fingerprint density at radius 1 is 1.11 bits per heavy atom. The van der Waals surface area contributed by atoms with Gasteiger partial charge in [0, 0.05) is 16.9 Å². The van der Waals surface area contributed by atoms with Crippen LogP contribution in [0.15, 0.2) is 59.5 Å². The molecule has 0 amide bonds. The van der Waals surface area contributed by atoms with Gasteiger partial charge in [0.1, 0.15) is 12.2 Å². The molecule has 4 rings (SSSR count). The molecular weight excluding hydrogens is 372 g/mol. The fourth-order valence-corrected chi connectivity index (χ4v) is 5.01. The summed E-state index contributed by atoms with van der Waals surface area (Å²) in [7, 11) is 0. The first-order chi connectivity index (χ1) is 13.4. The van der Waals surface area contributed by atoms with Crippen molar-refractivity contribution in [1.82, 2.24) is 0 Å². The van der Waals surface area contributed by atoms with Crippen molar-refractivity contribution < 1.29 is 19.0 Å². The van der Waals surface area contributed by atoms with E-state index in [4.69, 9.17) is 14.2 Å². The Bertz CT molecular complexity index is 818. The molecule has 2 aliphatic heterocycles. The minimum atomic E-state index is -0.644. The second-order valence-corrected chi connectivity index (χ2v) is 9.15. The molecule has 2 saturated heterocycles. The molecule has 4 nitrogen and oxygen atoms in total. The Morgan fingerprint density at radius 3 is 2.54 bits per heavy atom. The quantitative estimate of drug-likeness (QED) is 0.686. The maximum Gasteiger partial charge on any atom is 0.165 e. The molecule has 5 heteroatoms. The molecule has 2 aromatic rings. The van der Waals surface area contributed by atoms with Gasteiger partial charge in [-0.2, -0.15) is 0 Å². The van der Waals surface area contributed by atoms with Gasteiger partial charge in [0.25, 0.3) is 0 Å². The highest BCUT2D eigenvalue weighted by Gasteiger charge is 2.51. The number of hydrogen-bond acceptors (Lipinski definition) is 5. The topological polar surface area (TPSA) is 44.8 Å². The molecule has 0 N–H and O–H groups in total. The zero-order valence-corrected chi connectivity index (χ0v) is 17.3. The summed E-state index contributed by atoms with van der Waals surface area (Å²) in [6.07, 6.45) is -0.135. The summed E-state index contributed by atoms with van der Waals surface area (Å²) in [5, 5.41) is 0.0311. The van der Waals surface area contributed by atoms with Gasteiger partial charge in [-0.05, 0) is 32.9 Å². The summed E-state index contributed by atoms with van der Waals surface area (Å²) in [4.78, 5) is 14.0. The minimum Gasteiger partial charge on any atom is -0.368 e. The fourth-order valence-electron chi connectivity index (χ4n) is 3.73. The Hall–Kier alpha value is -1.66. The maximum atomic E-state index is 12.8. The first-order valence-electron chi connectivity index (χ1n) is 9.70. The largest absolute Gasteiger partial charge is 0.368 e. The average molecular weight is 399 g/mol. The van der Waals surface area contributed by atoms with Crippen molar-refractivity contribution in [2.75, 3.05) is 6.61 Å². The number of aryl methyl sites for hydroxylation is 1. The predicted molar refractivity (Wildman–Crippen MR) is 110 cm³/mol. The van der Waals surface area contributed by atoms with E-state index in [9.17, 15) is 4.79 Å². The summed E-state index contributed by atoms with van der Waals surface area (Å²) < 4.78 is 18.3. The van der Waals surface area contributed by atoms with Gasteiger partial charge in [0.2, 0.25) is 0 Å².